The summed E-state index contributed by atoms with van der Waals surface area (Å²) in [5.41, 5.74) is 2.36. The molecule has 4 unspecified atom stereocenters. The fourth-order valence-corrected chi connectivity index (χ4v) is 4.07. The maximum absolute atomic E-state index is 12.3. The van der Waals surface area contributed by atoms with Gasteiger partial charge < -0.3 is 5.32 Å². The number of nitrogens with one attached hydrogen (secondary N) is 2. The highest BCUT2D eigenvalue weighted by molar-refractivity contribution is 6.06. The summed E-state index contributed by atoms with van der Waals surface area (Å²) in [6.45, 7) is 0. The summed E-state index contributed by atoms with van der Waals surface area (Å²) in [5, 5.41) is 6.10. The van der Waals surface area contributed by atoms with E-state index >= 15 is 0 Å². The van der Waals surface area contributed by atoms with Gasteiger partial charge in [0.05, 0.1) is 11.8 Å². The van der Waals surface area contributed by atoms with Gasteiger partial charge in [-0.25, -0.2) is 0 Å². The van der Waals surface area contributed by atoms with Crippen LogP contribution in [0.2, 0.25) is 0 Å². The minimum atomic E-state index is -0.272. The molecule has 122 valence electrons. The largest absolute Gasteiger partial charge is 0.309 e. The lowest BCUT2D eigenvalue weighted by molar-refractivity contribution is -0.126. The average Bonchev–Trinajstić information content (AvgIpc) is 3.09. The summed E-state index contributed by atoms with van der Waals surface area (Å²) < 4.78 is 0. The molecule has 0 bridgehead atoms. The van der Waals surface area contributed by atoms with Crippen LogP contribution >= 0.6 is 0 Å². The van der Waals surface area contributed by atoms with Crippen molar-refractivity contribution < 1.29 is 9.59 Å². The number of carbonyl (C=O) groups excluding carboxylic acids is 2. The molecule has 4 rings (SSSR count). The highest BCUT2D eigenvalue weighted by atomic mass is 16.2. The van der Waals surface area contributed by atoms with E-state index in [2.05, 4.69) is 34.9 Å². The van der Waals surface area contributed by atoms with Crippen LogP contribution in [0.5, 0.6) is 0 Å². The molecule has 4 atom stereocenters. The Labute approximate surface area is 141 Å². The van der Waals surface area contributed by atoms with Crippen molar-refractivity contribution in [2.24, 2.45) is 11.8 Å². The van der Waals surface area contributed by atoms with Gasteiger partial charge in [-0.2, -0.15) is 0 Å². The highest BCUT2D eigenvalue weighted by Gasteiger charge is 2.54. The van der Waals surface area contributed by atoms with Gasteiger partial charge in [-0.3, -0.25) is 14.9 Å². The van der Waals surface area contributed by atoms with Gasteiger partial charge in [0.15, 0.2) is 0 Å². The second kappa shape index (κ2) is 6.21. The van der Waals surface area contributed by atoms with Gasteiger partial charge in [0.1, 0.15) is 0 Å². The Morgan fingerprint density at radius 3 is 1.50 bits per heavy atom. The zero-order chi connectivity index (χ0) is 16.5. The Bertz CT molecular complexity index is 681. The Balaban J connectivity index is 1.58. The number of fused-ring (bicyclic) bond motifs is 1. The average molecular weight is 320 g/mol. The first-order valence-corrected chi connectivity index (χ1v) is 8.41. The SMILES string of the molecule is O=C1NC(=O)C2C(Cc3ccccc3)NC(Cc3ccccc3)C12. The van der Waals surface area contributed by atoms with Crippen molar-refractivity contribution in [2.75, 3.05) is 0 Å². The summed E-state index contributed by atoms with van der Waals surface area (Å²) in [6.07, 6.45) is 1.52. The van der Waals surface area contributed by atoms with Crippen LogP contribution in [0, 0.1) is 11.8 Å². The number of rotatable bonds is 4. The molecule has 4 nitrogen and oxygen atoms in total. The normalized spacial score (nSPS) is 28.7. The molecule has 2 fully saturated rings. The van der Waals surface area contributed by atoms with Crippen LogP contribution in [0.3, 0.4) is 0 Å². The number of benzene rings is 2. The quantitative estimate of drug-likeness (QED) is 0.843. The van der Waals surface area contributed by atoms with E-state index < -0.39 is 0 Å². The molecular weight excluding hydrogens is 300 g/mol. The lowest BCUT2D eigenvalue weighted by atomic mass is 9.85. The minimum Gasteiger partial charge on any atom is -0.309 e. The molecule has 0 saturated carbocycles. The molecule has 24 heavy (non-hydrogen) atoms. The smallest absolute Gasteiger partial charge is 0.232 e. The molecule has 0 aliphatic carbocycles. The highest BCUT2D eigenvalue weighted by Crippen LogP contribution is 2.35. The Kier molecular flexibility index (Phi) is 3.90. The van der Waals surface area contributed by atoms with E-state index in [1.165, 1.54) is 11.1 Å². The van der Waals surface area contributed by atoms with Crippen LogP contribution in [-0.4, -0.2) is 23.9 Å². The zero-order valence-electron chi connectivity index (χ0n) is 13.3. The van der Waals surface area contributed by atoms with Crippen LogP contribution in [0.15, 0.2) is 60.7 Å². The number of hydrogen-bond donors (Lipinski definition) is 2. The first-order chi connectivity index (χ1) is 11.7. The van der Waals surface area contributed by atoms with Crippen molar-refractivity contribution in [3.8, 4) is 0 Å². The van der Waals surface area contributed by atoms with E-state index in [1.807, 2.05) is 36.4 Å². The second-order valence-corrected chi connectivity index (χ2v) is 6.66. The molecule has 2 aromatic rings. The third kappa shape index (κ3) is 2.74. The van der Waals surface area contributed by atoms with Crippen LogP contribution in [0.25, 0.3) is 0 Å². The van der Waals surface area contributed by atoms with Crippen LogP contribution in [-0.2, 0) is 22.4 Å². The first-order valence-electron chi connectivity index (χ1n) is 8.41. The van der Waals surface area contributed by atoms with Crippen molar-refractivity contribution >= 4 is 11.8 Å². The molecule has 2 N–H and O–H groups in total. The van der Waals surface area contributed by atoms with Crippen molar-refractivity contribution in [3.05, 3.63) is 71.8 Å². The van der Waals surface area contributed by atoms with Crippen LogP contribution in [0.4, 0.5) is 0 Å². The van der Waals surface area contributed by atoms with E-state index in [4.69, 9.17) is 0 Å². The minimum absolute atomic E-state index is 0.00226. The van der Waals surface area contributed by atoms with Gasteiger partial charge in [-0.1, -0.05) is 60.7 Å². The molecule has 4 heteroatoms. The Morgan fingerprint density at radius 2 is 1.08 bits per heavy atom. The third-order valence-corrected chi connectivity index (χ3v) is 5.13. The van der Waals surface area contributed by atoms with Crippen molar-refractivity contribution in [2.45, 2.75) is 24.9 Å². The Morgan fingerprint density at radius 1 is 0.667 bits per heavy atom. The molecule has 2 aliphatic rings. The zero-order valence-corrected chi connectivity index (χ0v) is 13.3. The molecule has 0 aromatic heterocycles. The van der Waals surface area contributed by atoms with E-state index in [9.17, 15) is 9.59 Å². The fraction of sp³-hybridized carbons (Fsp3) is 0.300. The molecule has 2 amide bonds. The summed E-state index contributed by atoms with van der Waals surface area (Å²) in [5.74, 6) is -0.805. The van der Waals surface area contributed by atoms with Crippen molar-refractivity contribution in [1.82, 2.24) is 10.6 Å². The third-order valence-electron chi connectivity index (χ3n) is 5.13. The van der Waals surface area contributed by atoms with Crippen LogP contribution < -0.4 is 10.6 Å². The number of hydrogen-bond acceptors (Lipinski definition) is 3. The molecule has 2 aromatic carbocycles. The van der Waals surface area contributed by atoms with E-state index in [-0.39, 0.29) is 35.7 Å². The number of amides is 2. The summed E-state index contributed by atoms with van der Waals surface area (Å²) in [7, 11) is 0. The number of imide groups is 1. The van der Waals surface area contributed by atoms with Gasteiger partial charge in [0, 0.05) is 12.1 Å². The van der Waals surface area contributed by atoms with Gasteiger partial charge in [0.25, 0.3) is 0 Å². The van der Waals surface area contributed by atoms with E-state index in [1.54, 1.807) is 0 Å². The molecule has 0 radical (unpaired) electrons. The lowest BCUT2D eigenvalue weighted by Crippen LogP contribution is -2.41. The van der Waals surface area contributed by atoms with Crippen molar-refractivity contribution in [1.29, 1.82) is 0 Å². The van der Waals surface area contributed by atoms with E-state index in [0.717, 1.165) is 12.8 Å². The van der Waals surface area contributed by atoms with Gasteiger partial charge in [-0.05, 0) is 24.0 Å². The maximum Gasteiger partial charge on any atom is 0.232 e. The molecule has 0 spiro atoms. The number of carbonyl (C=O) groups is 2. The Hall–Kier alpha value is -2.46. The first kappa shape index (κ1) is 15.1. The molecule has 2 heterocycles. The molecule has 2 saturated heterocycles. The van der Waals surface area contributed by atoms with Crippen LogP contribution in [0.1, 0.15) is 11.1 Å². The predicted octanol–water partition coefficient (Wildman–Crippen LogP) is 1.70. The monoisotopic (exact) mass is 320 g/mol. The van der Waals surface area contributed by atoms with Gasteiger partial charge in [-0.15, -0.1) is 0 Å². The van der Waals surface area contributed by atoms with Crippen molar-refractivity contribution in [3.63, 3.8) is 0 Å². The van der Waals surface area contributed by atoms with E-state index in [0.29, 0.717) is 0 Å². The fourth-order valence-electron chi connectivity index (χ4n) is 4.07. The maximum atomic E-state index is 12.3. The molecular formula is C20H20N2O2. The summed E-state index contributed by atoms with van der Waals surface area (Å²) in [6, 6.07) is 20.2. The predicted molar refractivity (Wildman–Crippen MR) is 91.1 cm³/mol. The molecule has 2 aliphatic heterocycles. The summed E-state index contributed by atoms with van der Waals surface area (Å²) >= 11 is 0. The van der Waals surface area contributed by atoms with Gasteiger partial charge in [0.2, 0.25) is 11.8 Å². The standard InChI is InChI=1S/C20H20N2O2/c23-19-17-15(11-13-7-3-1-4-8-13)21-16(18(17)20(24)22-19)12-14-9-5-2-6-10-14/h1-10,15-18,21H,11-12H2,(H,22,23,24). The van der Waals surface area contributed by atoms with Gasteiger partial charge >= 0.3 is 0 Å². The topological polar surface area (TPSA) is 58.2 Å². The second-order valence-electron chi connectivity index (χ2n) is 6.66. The summed E-state index contributed by atoms with van der Waals surface area (Å²) in [4.78, 5) is 24.6. The lowest BCUT2D eigenvalue weighted by Gasteiger charge is -2.18.